The first-order valence-corrected chi connectivity index (χ1v) is 9.45. The first kappa shape index (κ1) is 19.5. The fraction of sp³-hybridized carbons (Fsp3) is 0.261. The molecule has 0 saturated carbocycles. The van der Waals surface area contributed by atoms with Crippen molar-refractivity contribution in [3.05, 3.63) is 83.3 Å². The van der Waals surface area contributed by atoms with E-state index in [2.05, 4.69) is 28.3 Å². The Bertz CT molecular complexity index is 937. The summed E-state index contributed by atoms with van der Waals surface area (Å²) in [5.41, 5.74) is 4.76. The van der Waals surface area contributed by atoms with Gasteiger partial charge in [0.05, 0.1) is 12.4 Å². The minimum Gasteiger partial charge on any atom is -0.339 e. The fourth-order valence-electron chi connectivity index (χ4n) is 3.01. The molecule has 0 bridgehead atoms. The SMILES string of the molecule is Cc1ccc(Nc2cnc(C(=O)N(Cc3ccccc3)C(C)C)cn2)c(C)c1. The summed E-state index contributed by atoms with van der Waals surface area (Å²) in [7, 11) is 0. The molecule has 3 aromatic rings. The van der Waals surface area contributed by atoms with Crippen LogP contribution in [0, 0.1) is 13.8 Å². The normalized spacial score (nSPS) is 10.8. The zero-order chi connectivity index (χ0) is 20.1. The van der Waals surface area contributed by atoms with Gasteiger partial charge in [-0.15, -0.1) is 0 Å². The van der Waals surface area contributed by atoms with E-state index in [9.17, 15) is 4.79 Å². The Morgan fingerprint density at radius 2 is 1.79 bits per heavy atom. The molecule has 3 rings (SSSR count). The number of nitrogens with zero attached hydrogens (tertiary/aromatic N) is 3. The van der Waals surface area contributed by atoms with Gasteiger partial charge < -0.3 is 10.2 Å². The standard InChI is InChI=1S/C23H26N4O/c1-16(2)27(15-19-8-6-5-7-9-19)23(28)21-13-25-22(14-24-21)26-20-11-10-17(3)12-18(20)4/h5-14,16H,15H2,1-4H3,(H,25,26). The Morgan fingerprint density at radius 3 is 2.39 bits per heavy atom. The van der Waals surface area contributed by atoms with Crippen molar-refractivity contribution >= 4 is 17.4 Å². The van der Waals surface area contributed by atoms with Gasteiger partial charge in [-0.1, -0.05) is 48.0 Å². The van der Waals surface area contributed by atoms with Crippen LogP contribution in [0.15, 0.2) is 60.9 Å². The molecule has 2 aromatic carbocycles. The minimum absolute atomic E-state index is 0.0579. The number of hydrogen-bond donors (Lipinski definition) is 1. The Balaban J connectivity index is 1.74. The molecule has 28 heavy (non-hydrogen) atoms. The van der Waals surface area contributed by atoms with Crippen LogP contribution >= 0.6 is 0 Å². The van der Waals surface area contributed by atoms with Crippen molar-refractivity contribution in [2.75, 3.05) is 5.32 Å². The number of benzene rings is 2. The van der Waals surface area contributed by atoms with Gasteiger partial charge in [0.2, 0.25) is 0 Å². The number of aryl methyl sites for hydroxylation is 2. The Kier molecular flexibility index (Phi) is 6.04. The third kappa shape index (κ3) is 4.74. The van der Waals surface area contributed by atoms with E-state index in [-0.39, 0.29) is 11.9 Å². The van der Waals surface area contributed by atoms with Crippen molar-refractivity contribution < 1.29 is 4.79 Å². The van der Waals surface area contributed by atoms with Gasteiger partial charge in [-0.25, -0.2) is 9.97 Å². The predicted octanol–water partition coefficient (Wildman–Crippen LogP) is 4.89. The highest BCUT2D eigenvalue weighted by Crippen LogP contribution is 2.20. The van der Waals surface area contributed by atoms with E-state index in [1.807, 2.05) is 63.2 Å². The smallest absolute Gasteiger partial charge is 0.274 e. The van der Waals surface area contributed by atoms with Crippen LogP contribution in [-0.4, -0.2) is 26.8 Å². The number of carbonyl (C=O) groups excluding carboxylic acids is 1. The van der Waals surface area contributed by atoms with Gasteiger partial charge in [-0.05, 0) is 44.9 Å². The monoisotopic (exact) mass is 374 g/mol. The van der Waals surface area contributed by atoms with Gasteiger partial charge in [-0.2, -0.15) is 0 Å². The third-order valence-corrected chi connectivity index (χ3v) is 4.60. The molecule has 0 atom stereocenters. The predicted molar refractivity (Wildman–Crippen MR) is 113 cm³/mol. The fourth-order valence-corrected chi connectivity index (χ4v) is 3.01. The average molecular weight is 374 g/mol. The van der Waals surface area contributed by atoms with Crippen molar-refractivity contribution in [3.8, 4) is 0 Å². The molecule has 1 aromatic heterocycles. The van der Waals surface area contributed by atoms with Crippen LogP contribution in [-0.2, 0) is 6.54 Å². The quantitative estimate of drug-likeness (QED) is 0.667. The van der Waals surface area contributed by atoms with Crippen LogP contribution in [0.5, 0.6) is 0 Å². The van der Waals surface area contributed by atoms with Gasteiger partial charge >= 0.3 is 0 Å². The topological polar surface area (TPSA) is 58.1 Å². The second kappa shape index (κ2) is 8.65. The molecule has 0 aliphatic heterocycles. The third-order valence-electron chi connectivity index (χ3n) is 4.60. The summed E-state index contributed by atoms with van der Waals surface area (Å²) in [4.78, 5) is 23.5. The minimum atomic E-state index is -0.121. The van der Waals surface area contributed by atoms with Gasteiger partial charge in [0.15, 0.2) is 0 Å². The largest absolute Gasteiger partial charge is 0.339 e. The van der Waals surface area contributed by atoms with Crippen LogP contribution < -0.4 is 5.32 Å². The van der Waals surface area contributed by atoms with E-state index < -0.39 is 0 Å². The van der Waals surface area contributed by atoms with Crippen LogP contribution in [0.1, 0.15) is 41.0 Å². The van der Waals surface area contributed by atoms with Crippen LogP contribution in [0.3, 0.4) is 0 Å². The molecule has 0 fully saturated rings. The van der Waals surface area contributed by atoms with E-state index in [4.69, 9.17) is 0 Å². The lowest BCUT2D eigenvalue weighted by Crippen LogP contribution is -2.36. The van der Waals surface area contributed by atoms with Crippen LogP contribution in [0.25, 0.3) is 0 Å². The maximum absolute atomic E-state index is 13.0. The van der Waals surface area contributed by atoms with Crippen LogP contribution in [0.2, 0.25) is 0 Å². The first-order valence-electron chi connectivity index (χ1n) is 9.45. The maximum Gasteiger partial charge on any atom is 0.274 e. The molecule has 5 heteroatoms. The zero-order valence-corrected chi connectivity index (χ0v) is 16.8. The second-order valence-electron chi connectivity index (χ2n) is 7.24. The number of aromatic nitrogens is 2. The molecule has 0 saturated heterocycles. The first-order chi connectivity index (χ1) is 13.4. The average Bonchev–Trinajstić information content (AvgIpc) is 2.69. The van der Waals surface area contributed by atoms with Gasteiger partial charge in [0.1, 0.15) is 11.5 Å². The summed E-state index contributed by atoms with van der Waals surface area (Å²) in [5.74, 6) is 0.493. The summed E-state index contributed by atoms with van der Waals surface area (Å²) < 4.78 is 0. The molecule has 1 N–H and O–H groups in total. The van der Waals surface area contributed by atoms with Crippen molar-refractivity contribution in [1.29, 1.82) is 0 Å². The lowest BCUT2D eigenvalue weighted by molar-refractivity contribution is 0.0684. The van der Waals surface area contributed by atoms with Gasteiger partial charge in [0, 0.05) is 18.3 Å². The highest BCUT2D eigenvalue weighted by atomic mass is 16.2. The molecule has 144 valence electrons. The molecule has 0 unspecified atom stereocenters. The Hall–Kier alpha value is -3.21. The number of anilines is 2. The van der Waals surface area contributed by atoms with E-state index in [0.29, 0.717) is 18.1 Å². The highest BCUT2D eigenvalue weighted by molar-refractivity contribution is 5.92. The highest BCUT2D eigenvalue weighted by Gasteiger charge is 2.20. The van der Waals surface area contributed by atoms with Crippen LogP contribution in [0.4, 0.5) is 11.5 Å². The number of nitrogens with one attached hydrogen (secondary N) is 1. The summed E-state index contributed by atoms with van der Waals surface area (Å²) in [5, 5.41) is 3.26. The summed E-state index contributed by atoms with van der Waals surface area (Å²) >= 11 is 0. The number of amides is 1. The number of carbonyl (C=O) groups is 1. The van der Waals surface area contributed by atoms with Gasteiger partial charge in [0.25, 0.3) is 5.91 Å². The van der Waals surface area contributed by atoms with Crippen molar-refractivity contribution in [2.24, 2.45) is 0 Å². The molecule has 0 aliphatic rings. The summed E-state index contributed by atoms with van der Waals surface area (Å²) in [6.07, 6.45) is 3.14. The maximum atomic E-state index is 13.0. The lowest BCUT2D eigenvalue weighted by atomic mass is 10.1. The summed E-state index contributed by atoms with van der Waals surface area (Å²) in [6, 6.07) is 16.2. The number of hydrogen-bond acceptors (Lipinski definition) is 4. The lowest BCUT2D eigenvalue weighted by Gasteiger charge is -2.26. The molecule has 1 heterocycles. The van der Waals surface area contributed by atoms with Crippen molar-refractivity contribution in [3.63, 3.8) is 0 Å². The molecular formula is C23H26N4O. The van der Waals surface area contributed by atoms with E-state index in [0.717, 1.165) is 16.8 Å². The molecule has 0 aliphatic carbocycles. The zero-order valence-electron chi connectivity index (χ0n) is 16.8. The van der Waals surface area contributed by atoms with E-state index in [1.165, 1.54) is 11.8 Å². The molecule has 1 amide bonds. The Labute approximate surface area is 166 Å². The van der Waals surface area contributed by atoms with E-state index in [1.54, 1.807) is 11.1 Å². The van der Waals surface area contributed by atoms with Crippen molar-refractivity contribution in [2.45, 2.75) is 40.3 Å². The molecule has 0 spiro atoms. The number of rotatable bonds is 6. The second-order valence-corrected chi connectivity index (χ2v) is 7.24. The van der Waals surface area contributed by atoms with Crippen molar-refractivity contribution in [1.82, 2.24) is 14.9 Å². The molecule has 0 radical (unpaired) electrons. The Morgan fingerprint density at radius 1 is 1.04 bits per heavy atom. The molecule has 5 nitrogen and oxygen atoms in total. The van der Waals surface area contributed by atoms with E-state index >= 15 is 0 Å². The van der Waals surface area contributed by atoms with Gasteiger partial charge in [-0.3, -0.25) is 4.79 Å². The molecular weight excluding hydrogens is 348 g/mol. The summed E-state index contributed by atoms with van der Waals surface area (Å²) in [6.45, 7) is 8.66.